The second-order valence-corrected chi connectivity index (χ2v) is 7.50. The lowest BCUT2D eigenvalue weighted by molar-refractivity contribution is -0.119. The van der Waals surface area contributed by atoms with E-state index in [1.807, 2.05) is 44.2 Å². The Balaban J connectivity index is 2.02. The average molecular weight is 335 g/mol. The van der Waals surface area contributed by atoms with Crippen LogP contribution in [0.2, 0.25) is 0 Å². The molecule has 0 aliphatic rings. The second-order valence-electron chi connectivity index (χ2n) is 5.82. The molecule has 0 radical (unpaired) electrons. The molecule has 2 aromatic rings. The lowest BCUT2D eigenvalue weighted by Gasteiger charge is -2.06. The van der Waals surface area contributed by atoms with Crippen LogP contribution >= 0.6 is 0 Å². The first-order valence-electron chi connectivity index (χ1n) is 7.49. The summed E-state index contributed by atoms with van der Waals surface area (Å²) in [6.45, 7) is 4.43. The number of nitrogens with one attached hydrogen (secondary N) is 1. The predicted molar refractivity (Wildman–Crippen MR) is 87.2 cm³/mol. The highest BCUT2D eigenvalue weighted by Gasteiger charge is 2.19. The molecular weight excluding hydrogens is 314 g/mol. The Bertz CT molecular complexity index is 752. The third-order valence-electron chi connectivity index (χ3n) is 3.30. The van der Waals surface area contributed by atoms with Gasteiger partial charge < -0.3 is 0 Å². The van der Waals surface area contributed by atoms with Crippen molar-refractivity contribution in [2.24, 2.45) is 5.92 Å². The van der Waals surface area contributed by atoms with Crippen molar-refractivity contribution in [2.45, 2.75) is 38.1 Å². The largest absolute Gasteiger partial charge is 0.274 e. The quantitative estimate of drug-likeness (QED) is 0.841. The van der Waals surface area contributed by atoms with E-state index in [9.17, 15) is 13.2 Å². The molecular formula is C16H21N3O3S. The number of aromatic nitrogens is 2. The minimum absolute atomic E-state index is 0.00803. The molecule has 23 heavy (non-hydrogen) atoms. The maximum Gasteiger partial charge on any atom is 0.267 e. The molecule has 0 spiro atoms. The first-order chi connectivity index (χ1) is 10.9. The number of hydrogen-bond acceptors (Lipinski definition) is 4. The summed E-state index contributed by atoms with van der Waals surface area (Å²) in [5.41, 5.74) is 1.01. The van der Waals surface area contributed by atoms with Crippen LogP contribution in [0.3, 0.4) is 0 Å². The summed E-state index contributed by atoms with van der Waals surface area (Å²) in [6.07, 6.45) is 3.51. The van der Waals surface area contributed by atoms with Crippen molar-refractivity contribution in [3.8, 4) is 0 Å². The molecule has 7 heteroatoms. The van der Waals surface area contributed by atoms with Gasteiger partial charge in [0.25, 0.3) is 10.0 Å². The predicted octanol–water partition coefficient (Wildman–Crippen LogP) is 2.17. The van der Waals surface area contributed by atoms with Crippen molar-refractivity contribution in [1.29, 1.82) is 0 Å². The fraction of sp³-hybridized carbons (Fsp3) is 0.375. The molecule has 1 amide bonds. The Kier molecular flexibility index (Phi) is 5.54. The van der Waals surface area contributed by atoms with E-state index in [0.717, 1.165) is 5.56 Å². The highest BCUT2D eigenvalue weighted by molar-refractivity contribution is 7.90. The first kappa shape index (κ1) is 17.2. The van der Waals surface area contributed by atoms with E-state index in [-0.39, 0.29) is 11.3 Å². The van der Waals surface area contributed by atoms with Gasteiger partial charge in [-0.15, -0.1) is 0 Å². The molecule has 1 N–H and O–H groups in total. The Morgan fingerprint density at radius 2 is 1.96 bits per heavy atom. The molecule has 0 aliphatic carbocycles. The van der Waals surface area contributed by atoms with Crippen molar-refractivity contribution < 1.29 is 13.2 Å². The molecule has 1 aromatic heterocycles. The molecule has 0 bridgehead atoms. The molecule has 0 aliphatic heterocycles. The van der Waals surface area contributed by atoms with Gasteiger partial charge in [-0.2, -0.15) is 5.10 Å². The molecule has 1 aromatic carbocycles. The summed E-state index contributed by atoms with van der Waals surface area (Å²) in [5, 5.41) is 4.05. The topological polar surface area (TPSA) is 81.1 Å². The number of carbonyl (C=O) groups is 1. The van der Waals surface area contributed by atoms with Crippen molar-refractivity contribution in [2.75, 3.05) is 0 Å². The maximum atomic E-state index is 12.2. The zero-order valence-electron chi connectivity index (χ0n) is 13.3. The standard InChI is InChI=1S/C16H21N3O3S/c1-13(2)8-9-16(20)18-23(21,22)15-10-17-19(12-15)11-14-6-4-3-5-7-14/h3-7,10,12-13H,8-9,11H2,1-2H3,(H,18,20). The van der Waals surface area contributed by atoms with Gasteiger partial charge in [-0.1, -0.05) is 44.2 Å². The van der Waals surface area contributed by atoms with Gasteiger partial charge >= 0.3 is 0 Å². The summed E-state index contributed by atoms with van der Waals surface area (Å²) in [5.74, 6) is -0.147. The molecule has 0 atom stereocenters. The minimum atomic E-state index is -3.86. The van der Waals surface area contributed by atoms with Crippen LogP contribution in [0.4, 0.5) is 0 Å². The number of rotatable bonds is 7. The Labute approximate surface area is 136 Å². The fourth-order valence-corrected chi connectivity index (χ4v) is 2.99. The van der Waals surface area contributed by atoms with Crippen molar-refractivity contribution in [3.63, 3.8) is 0 Å². The zero-order chi connectivity index (χ0) is 16.9. The smallest absolute Gasteiger partial charge is 0.267 e. The lowest BCUT2D eigenvalue weighted by Crippen LogP contribution is -2.30. The van der Waals surface area contributed by atoms with E-state index >= 15 is 0 Å². The van der Waals surface area contributed by atoms with Crippen molar-refractivity contribution in [1.82, 2.24) is 14.5 Å². The van der Waals surface area contributed by atoms with Crippen molar-refractivity contribution in [3.05, 3.63) is 48.3 Å². The highest BCUT2D eigenvalue weighted by atomic mass is 32.2. The van der Waals surface area contributed by atoms with Gasteiger partial charge in [-0.25, -0.2) is 13.1 Å². The van der Waals surface area contributed by atoms with Gasteiger partial charge in [0, 0.05) is 12.6 Å². The van der Waals surface area contributed by atoms with Crippen LogP contribution in [0.15, 0.2) is 47.6 Å². The molecule has 6 nitrogen and oxygen atoms in total. The van der Waals surface area contributed by atoms with Gasteiger partial charge in [-0.3, -0.25) is 9.48 Å². The normalized spacial score (nSPS) is 11.6. The fourth-order valence-electron chi connectivity index (χ4n) is 2.02. The number of hydrogen-bond donors (Lipinski definition) is 1. The first-order valence-corrected chi connectivity index (χ1v) is 8.97. The zero-order valence-corrected chi connectivity index (χ0v) is 14.1. The Morgan fingerprint density at radius 3 is 2.61 bits per heavy atom. The van der Waals surface area contributed by atoms with E-state index in [4.69, 9.17) is 0 Å². The van der Waals surface area contributed by atoms with E-state index < -0.39 is 15.9 Å². The van der Waals surface area contributed by atoms with E-state index in [1.54, 1.807) is 0 Å². The summed E-state index contributed by atoms with van der Waals surface area (Å²) >= 11 is 0. The van der Waals surface area contributed by atoms with Gasteiger partial charge in [0.15, 0.2) is 0 Å². The van der Waals surface area contributed by atoms with E-state index in [0.29, 0.717) is 18.9 Å². The Hall–Kier alpha value is -2.15. The van der Waals surface area contributed by atoms with Crippen LogP contribution in [0.1, 0.15) is 32.3 Å². The highest BCUT2D eigenvalue weighted by Crippen LogP contribution is 2.10. The number of amides is 1. The molecule has 0 fully saturated rings. The van der Waals surface area contributed by atoms with Crippen LogP contribution in [0.25, 0.3) is 0 Å². The van der Waals surface area contributed by atoms with Crippen LogP contribution in [0, 0.1) is 5.92 Å². The summed E-state index contributed by atoms with van der Waals surface area (Å²) < 4.78 is 28.0. The molecule has 0 unspecified atom stereocenters. The lowest BCUT2D eigenvalue weighted by atomic mass is 10.1. The van der Waals surface area contributed by atoms with Crippen molar-refractivity contribution >= 4 is 15.9 Å². The van der Waals surface area contributed by atoms with Gasteiger partial charge in [-0.05, 0) is 17.9 Å². The number of sulfonamides is 1. The van der Waals surface area contributed by atoms with Crippen LogP contribution in [0.5, 0.6) is 0 Å². The number of nitrogens with zero attached hydrogens (tertiary/aromatic N) is 2. The van der Waals surface area contributed by atoms with E-state index in [1.165, 1.54) is 17.1 Å². The Morgan fingerprint density at radius 1 is 1.26 bits per heavy atom. The molecule has 124 valence electrons. The van der Waals surface area contributed by atoms with E-state index in [2.05, 4.69) is 9.82 Å². The molecule has 1 heterocycles. The van der Waals surface area contributed by atoms with Gasteiger partial charge in [0.05, 0.1) is 12.7 Å². The number of benzene rings is 1. The average Bonchev–Trinajstić information content (AvgIpc) is 2.95. The maximum absolute atomic E-state index is 12.2. The summed E-state index contributed by atoms with van der Waals surface area (Å²) in [6, 6.07) is 9.60. The van der Waals surface area contributed by atoms with Crippen LogP contribution in [-0.2, 0) is 21.4 Å². The van der Waals surface area contributed by atoms with Crippen LogP contribution in [-0.4, -0.2) is 24.1 Å². The number of carbonyl (C=O) groups excluding carboxylic acids is 1. The van der Waals surface area contributed by atoms with Gasteiger partial charge in [0.2, 0.25) is 5.91 Å². The molecule has 0 saturated carbocycles. The molecule has 2 rings (SSSR count). The molecule has 0 saturated heterocycles. The summed E-state index contributed by atoms with van der Waals surface area (Å²) in [4.78, 5) is 11.7. The van der Waals surface area contributed by atoms with Gasteiger partial charge in [0.1, 0.15) is 4.90 Å². The monoisotopic (exact) mass is 335 g/mol. The second kappa shape index (κ2) is 7.41. The van der Waals surface area contributed by atoms with Crippen LogP contribution < -0.4 is 4.72 Å². The third-order valence-corrected chi connectivity index (χ3v) is 4.63. The SMILES string of the molecule is CC(C)CCC(=O)NS(=O)(=O)c1cnn(Cc2ccccc2)c1. The third kappa shape index (κ3) is 5.21. The summed E-state index contributed by atoms with van der Waals surface area (Å²) in [7, 11) is -3.86. The minimum Gasteiger partial charge on any atom is -0.274 e.